The maximum absolute atomic E-state index is 12.6. The Morgan fingerprint density at radius 3 is 0.780 bits per heavy atom. The van der Waals surface area contributed by atoms with E-state index in [1.54, 1.807) is 6.08 Å². The molecule has 0 aliphatic rings. The van der Waals surface area contributed by atoms with Crippen LogP contribution in [0, 0.1) is 0 Å². The molecule has 91 heavy (non-hydrogen) atoms. The van der Waals surface area contributed by atoms with Crippen LogP contribution < -0.4 is 5.32 Å². The molecular formula is C85H165NO5. The molecule has 6 heteroatoms. The number of hydrogen-bond acceptors (Lipinski definition) is 5. The Morgan fingerprint density at radius 2 is 0.516 bits per heavy atom. The topological polar surface area (TPSA) is 95.9 Å². The van der Waals surface area contributed by atoms with Gasteiger partial charge in [0.05, 0.1) is 25.4 Å². The van der Waals surface area contributed by atoms with Crippen molar-refractivity contribution >= 4 is 11.9 Å². The van der Waals surface area contributed by atoms with Crippen LogP contribution in [0.4, 0.5) is 0 Å². The minimum atomic E-state index is -0.842. The number of rotatable bonds is 80. The zero-order valence-corrected chi connectivity index (χ0v) is 62.1. The van der Waals surface area contributed by atoms with Gasteiger partial charge in [-0.2, -0.15) is 0 Å². The predicted molar refractivity (Wildman–Crippen MR) is 403 cm³/mol. The van der Waals surface area contributed by atoms with Crippen LogP contribution in [0.5, 0.6) is 0 Å². The van der Waals surface area contributed by atoms with Gasteiger partial charge in [0.15, 0.2) is 0 Å². The minimum Gasteiger partial charge on any atom is -0.466 e. The Hall–Kier alpha value is -1.66. The molecule has 0 radical (unpaired) electrons. The van der Waals surface area contributed by atoms with Crippen molar-refractivity contribution in [3.05, 3.63) is 24.3 Å². The smallest absolute Gasteiger partial charge is 0.305 e. The average molecular weight is 1280 g/mol. The minimum absolute atomic E-state index is 0.0156. The third-order valence-electron chi connectivity index (χ3n) is 20.0. The Morgan fingerprint density at radius 1 is 0.297 bits per heavy atom. The van der Waals surface area contributed by atoms with E-state index in [1.807, 2.05) is 6.08 Å². The monoisotopic (exact) mass is 1280 g/mol. The van der Waals surface area contributed by atoms with Crippen LogP contribution in [0.1, 0.15) is 483 Å². The molecule has 6 nitrogen and oxygen atoms in total. The van der Waals surface area contributed by atoms with Gasteiger partial charge in [-0.25, -0.2) is 0 Å². The van der Waals surface area contributed by atoms with E-state index in [2.05, 4.69) is 31.3 Å². The van der Waals surface area contributed by atoms with Gasteiger partial charge < -0.3 is 20.3 Å². The van der Waals surface area contributed by atoms with Crippen molar-refractivity contribution in [3.8, 4) is 0 Å². The molecule has 0 heterocycles. The van der Waals surface area contributed by atoms with Crippen molar-refractivity contribution < 1.29 is 24.5 Å². The summed E-state index contributed by atoms with van der Waals surface area (Å²) in [4.78, 5) is 24.6. The molecule has 540 valence electrons. The van der Waals surface area contributed by atoms with Crippen molar-refractivity contribution in [2.24, 2.45) is 0 Å². The van der Waals surface area contributed by atoms with Crippen molar-refractivity contribution in [2.75, 3.05) is 13.2 Å². The van der Waals surface area contributed by atoms with Crippen LogP contribution in [0.3, 0.4) is 0 Å². The van der Waals surface area contributed by atoms with Gasteiger partial charge in [0.2, 0.25) is 5.91 Å². The lowest BCUT2D eigenvalue weighted by atomic mass is 10.0. The number of amides is 1. The van der Waals surface area contributed by atoms with E-state index < -0.39 is 12.1 Å². The number of allylic oxidation sites excluding steroid dienone is 3. The largest absolute Gasteiger partial charge is 0.466 e. The molecular weight excluding hydrogens is 1110 g/mol. The Bertz CT molecular complexity index is 1430. The number of ether oxygens (including phenoxy) is 1. The maximum atomic E-state index is 12.6. The van der Waals surface area contributed by atoms with Crippen LogP contribution >= 0.6 is 0 Å². The van der Waals surface area contributed by atoms with E-state index in [-0.39, 0.29) is 18.5 Å². The fourth-order valence-electron chi connectivity index (χ4n) is 13.6. The molecule has 0 fully saturated rings. The van der Waals surface area contributed by atoms with Gasteiger partial charge in [0, 0.05) is 12.8 Å². The number of aliphatic hydroxyl groups is 2. The van der Waals surface area contributed by atoms with Crippen LogP contribution in [-0.2, 0) is 14.3 Å². The number of unbranched alkanes of at least 4 members (excludes halogenated alkanes) is 67. The molecule has 0 aromatic heterocycles. The summed E-state index contributed by atoms with van der Waals surface area (Å²) < 4.78 is 5.50. The first kappa shape index (κ1) is 89.3. The third-order valence-corrected chi connectivity index (χ3v) is 20.0. The quantitative estimate of drug-likeness (QED) is 0.0320. The summed E-state index contributed by atoms with van der Waals surface area (Å²) in [5.74, 6) is -0.0411. The normalized spacial score (nSPS) is 12.5. The predicted octanol–water partition coefficient (Wildman–Crippen LogP) is 28.0. The molecule has 3 N–H and O–H groups in total. The summed E-state index contributed by atoms with van der Waals surface area (Å²) >= 11 is 0. The third kappa shape index (κ3) is 77.2. The lowest BCUT2D eigenvalue weighted by molar-refractivity contribution is -0.143. The molecule has 2 atom stereocenters. The highest BCUT2D eigenvalue weighted by atomic mass is 16.5. The second-order valence-electron chi connectivity index (χ2n) is 29.2. The van der Waals surface area contributed by atoms with Crippen molar-refractivity contribution in [1.29, 1.82) is 0 Å². The van der Waals surface area contributed by atoms with Gasteiger partial charge in [0.1, 0.15) is 0 Å². The molecule has 2 unspecified atom stereocenters. The summed E-state index contributed by atoms with van der Waals surface area (Å²) in [6, 6.07) is -0.625. The van der Waals surface area contributed by atoms with Crippen molar-refractivity contribution in [1.82, 2.24) is 5.32 Å². The number of carbonyl (C=O) groups excluding carboxylic acids is 2. The fourth-order valence-corrected chi connectivity index (χ4v) is 13.6. The van der Waals surface area contributed by atoms with Crippen LogP contribution in [0.25, 0.3) is 0 Å². The van der Waals surface area contributed by atoms with E-state index in [0.717, 1.165) is 44.9 Å². The highest BCUT2D eigenvalue weighted by Gasteiger charge is 2.18. The Labute approximate surface area is 571 Å². The van der Waals surface area contributed by atoms with Crippen LogP contribution in [-0.4, -0.2) is 47.4 Å². The number of aliphatic hydroxyl groups excluding tert-OH is 2. The molecule has 1 amide bonds. The molecule has 0 bridgehead atoms. The van der Waals surface area contributed by atoms with Crippen LogP contribution in [0.2, 0.25) is 0 Å². The van der Waals surface area contributed by atoms with E-state index in [9.17, 15) is 19.8 Å². The number of esters is 1. The van der Waals surface area contributed by atoms with Gasteiger partial charge in [0.25, 0.3) is 0 Å². The van der Waals surface area contributed by atoms with Gasteiger partial charge in [-0.1, -0.05) is 436 Å². The lowest BCUT2D eigenvalue weighted by Crippen LogP contribution is -2.45. The highest BCUT2D eigenvalue weighted by Crippen LogP contribution is 2.21. The molecule has 0 saturated carbocycles. The first-order chi connectivity index (χ1) is 45.0. The Kier molecular flexibility index (Phi) is 79.3. The SMILES string of the molecule is CCCCCCC/C=C\CCCCCCCC(=O)OCCCCCCCCCCCCCCCCCCCCCCCCCCCCCCCCCCCCCCCC(=O)NC(CO)C(O)/C=C/CCCCCCCCCCCCCCCCCCCCCCC. The van der Waals surface area contributed by atoms with E-state index in [4.69, 9.17) is 4.74 Å². The number of nitrogens with one attached hydrogen (secondary N) is 1. The summed E-state index contributed by atoms with van der Waals surface area (Å²) in [5.41, 5.74) is 0. The van der Waals surface area contributed by atoms with E-state index in [1.165, 1.54) is 411 Å². The molecule has 0 aliphatic heterocycles. The summed E-state index contributed by atoms with van der Waals surface area (Å²) in [6.07, 6.45) is 105. The highest BCUT2D eigenvalue weighted by molar-refractivity contribution is 5.76. The first-order valence-corrected chi connectivity index (χ1v) is 42.1. The fraction of sp³-hybridized carbons (Fsp3) is 0.929. The second-order valence-corrected chi connectivity index (χ2v) is 29.2. The van der Waals surface area contributed by atoms with E-state index >= 15 is 0 Å². The molecule has 0 aliphatic carbocycles. The van der Waals surface area contributed by atoms with Crippen LogP contribution in [0.15, 0.2) is 24.3 Å². The number of carbonyl (C=O) groups is 2. The summed E-state index contributed by atoms with van der Waals surface area (Å²) in [7, 11) is 0. The van der Waals surface area contributed by atoms with Crippen molar-refractivity contribution in [3.63, 3.8) is 0 Å². The van der Waals surface area contributed by atoms with E-state index in [0.29, 0.717) is 19.4 Å². The van der Waals surface area contributed by atoms with Gasteiger partial charge in [-0.05, 0) is 57.8 Å². The molecule has 0 rings (SSSR count). The first-order valence-electron chi connectivity index (χ1n) is 42.1. The van der Waals surface area contributed by atoms with Gasteiger partial charge in [-0.15, -0.1) is 0 Å². The summed E-state index contributed by atoms with van der Waals surface area (Å²) in [6.45, 7) is 4.95. The van der Waals surface area contributed by atoms with Crippen molar-refractivity contribution in [2.45, 2.75) is 495 Å². The summed E-state index contributed by atoms with van der Waals surface area (Å²) in [5, 5.41) is 23.3. The molecule has 0 aromatic carbocycles. The molecule has 0 spiro atoms. The average Bonchev–Trinajstić information content (AvgIpc) is 3.66. The zero-order chi connectivity index (χ0) is 65.6. The lowest BCUT2D eigenvalue weighted by Gasteiger charge is -2.20. The number of hydrogen-bond donors (Lipinski definition) is 3. The molecule has 0 aromatic rings. The second kappa shape index (κ2) is 80.8. The molecule has 0 saturated heterocycles. The standard InChI is InChI=1S/C85H165NO5/c1-3-5-7-9-11-13-15-17-19-20-21-22-38-41-44-47-50-53-57-61-65-69-73-77-83(88)82(81-87)86-84(89)78-74-70-66-62-58-54-51-48-45-42-39-36-34-32-30-28-26-24-23-25-27-29-31-33-35-37-40-43-46-49-52-56-60-64-68-72-76-80-91-85(90)79-75-71-67-63-59-55-18-16-14-12-10-8-6-4-2/h16,18,73,77,82-83,87-88H,3-15,17,19-72,74-76,78-81H2,1-2H3,(H,86,89)/b18-16-,77-73+. The maximum Gasteiger partial charge on any atom is 0.305 e. The zero-order valence-electron chi connectivity index (χ0n) is 62.1. The van der Waals surface area contributed by atoms with Gasteiger partial charge >= 0.3 is 5.97 Å². The van der Waals surface area contributed by atoms with Gasteiger partial charge in [-0.3, -0.25) is 9.59 Å². The Balaban J connectivity index is 3.33.